The van der Waals surface area contributed by atoms with Crippen molar-refractivity contribution in [1.29, 1.82) is 0 Å². The van der Waals surface area contributed by atoms with Crippen LogP contribution in [0.1, 0.15) is 42.7 Å². The lowest BCUT2D eigenvalue weighted by atomic mass is 10.00. The topological polar surface area (TPSA) is 84.4 Å². The number of benzene rings is 1. The van der Waals surface area contributed by atoms with Crippen LogP contribution in [0.5, 0.6) is 5.88 Å². The van der Waals surface area contributed by atoms with Gasteiger partial charge in [0.2, 0.25) is 11.8 Å². The molecule has 1 aliphatic rings. The number of ether oxygens (including phenoxy) is 1. The van der Waals surface area contributed by atoms with Gasteiger partial charge in [0.15, 0.2) is 12.4 Å². The number of hydrogen-bond acceptors (Lipinski definition) is 6. The summed E-state index contributed by atoms with van der Waals surface area (Å²) in [6.45, 7) is 7.36. The first-order valence-electron chi connectivity index (χ1n) is 9.55. The normalized spacial score (nSPS) is 14.6. The van der Waals surface area contributed by atoms with E-state index in [2.05, 4.69) is 27.1 Å². The predicted octanol–water partition coefficient (Wildman–Crippen LogP) is 3.24. The van der Waals surface area contributed by atoms with E-state index in [0.29, 0.717) is 23.1 Å². The van der Waals surface area contributed by atoms with Gasteiger partial charge in [-0.3, -0.25) is 9.59 Å². The second kappa shape index (κ2) is 8.82. The van der Waals surface area contributed by atoms with Gasteiger partial charge in [-0.1, -0.05) is 6.92 Å². The third-order valence-corrected chi connectivity index (χ3v) is 4.81. The van der Waals surface area contributed by atoms with Crippen LogP contribution >= 0.6 is 0 Å². The highest BCUT2D eigenvalue weighted by Crippen LogP contribution is 2.22. The maximum Gasteiger partial charge on any atom is 0.262 e. The Balaban J connectivity index is 1.57. The van der Waals surface area contributed by atoms with Crippen LogP contribution in [0.25, 0.3) is 0 Å². The molecule has 1 aromatic carbocycles. The summed E-state index contributed by atoms with van der Waals surface area (Å²) in [5.41, 5.74) is 2.02. The molecule has 0 aliphatic carbocycles. The number of carbonyl (C=O) groups excluding carboxylic acids is 2. The van der Waals surface area contributed by atoms with Crippen molar-refractivity contribution in [2.24, 2.45) is 5.92 Å². The number of anilines is 2. The molecule has 1 N–H and O–H groups in total. The van der Waals surface area contributed by atoms with Gasteiger partial charge in [0, 0.05) is 36.1 Å². The Morgan fingerprint density at radius 3 is 2.50 bits per heavy atom. The maximum atomic E-state index is 12.2. The van der Waals surface area contributed by atoms with Crippen LogP contribution in [0.4, 0.5) is 11.6 Å². The standard InChI is InChI=1S/C21H26N4O3/c1-14-8-10-25(11-9-14)21-22-15(2)12-20(24-21)28-13-19(27)23-18-6-4-17(5-7-18)16(3)26/h4-7,12,14H,8-11,13H2,1-3H3,(H,23,27). The molecule has 0 atom stereocenters. The van der Waals surface area contributed by atoms with Gasteiger partial charge in [-0.15, -0.1) is 0 Å². The first-order valence-corrected chi connectivity index (χ1v) is 9.55. The second-order valence-corrected chi connectivity index (χ2v) is 7.29. The third kappa shape index (κ3) is 5.28. The lowest BCUT2D eigenvalue weighted by Gasteiger charge is -2.30. The molecule has 7 heteroatoms. The number of nitrogens with one attached hydrogen (secondary N) is 1. The number of aromatic nitrogens is 2. The van der Waals surface area contributed by atoms with Crippen molar-refractivity contribution >= 4 is 23.3 Å². The molecule has 0 unspecified atom stereocenters. The van der Waals surface area contributed by atoms with Crippen molar-refractivity contribution in [2.45, 2.75) is 33.6 Å². The van der Waals surface area contributed by atoms with Crippen LogP contribution in [-0.4, -0.2) is 41.4 Å². The predicted molar refractivity (Wildman–Crippen MR) is 108 cm³/mol. The van der Waals surface area contributed by atoms with E-state index in [4.69, 9.17) is 4.74 Å². The number of piperidine rings is 1. The van der Waals surface area contributed by atoms with Crippen LogP contribution in [0, 0.1) is 12.8 Å². The van der Waals surface area contributed by atoms with Crippen molar-refractivity contribution in [1.82, 2.24) is 9.97 Å². The fourth-order valence-electron chi connectivity index (χ4n) is 3.07. The monoisotopic (exact) mass is 382 g/mol. The summed E-state index contributed by atoms with van der Waals surface area (Å²) in [5, 5.41) is 2.75. The van der Waals surface area contributed by atoms with Gasteiger partial charge in [0.1, 0.15) is 0 Å². The average Bonchev–Trinajstić information content (AvgIpc) is 2.67. The Bertz CT molecular complexity index is 843. The summed E-state index contributed by atoms with van der Waals surface area (Å²) in [4.78, 5) is 34.6. The van der Waals surface area contributed by atoms with Gasteiger partial charge >= 0.3 is 0 Å². The fourth-order valence-corrected chi connectivity index (χ4v) is 3.07. The van der Waals surface area contributed by atoms with Crippen molar-refractivity contribution in [3.63, 3.8) is 0 Å². The quantitative estimate of drug-likeness (QED) is 0.772. The summed E-state index contributed by atoms with van der Waals surface area (Å²) >= 11 is 0. The number of ketones is 1. The SMILES string of the molecule is CC(=O)c1ccc(NC(=O)COc2cc(C)nc(N3CCC(C)CC3)n2)cc1. The highest BCUT2D eigenvalue weighted by molar-refractivity contribution is 5.95. The molecule has 1 amide bonds. The van der Waals surface area contributed by atoms with Gasteiger partial charge in [0.25, 0.3) is 5.91 Å². The Hall–Kier alpha value is -2.96. The summed E-state index contributed by atoms with van der Waals surface area (Å²) in [6, 6.07) is 8.47. The number of Topliss-reactive ketones (excluding diaryl/α,β-unsaturated/α-hetero) is 1. The first kappa shape index (κ1) is 19.8. The highest BCUT2D eigenvalue weighted by Gasteiger charge is 2.19. The van der Waals surface area contributed by atoms with E-state index in [1.54, 1.807) is 30.3 Å². The van der Waals surface area contributed by atoms with Gasteiger partial charge in [-0.25, -0.2) is 4.98 Å². The van der Waals surface area contributed by atoms with E-state index in [-0.39, 0.29) is 18.3 Å². The summed E-state index contributed by atoms with van der Waals surface area (Å²) in [7, 11) is 0. The van der Waals surface area contributed by atoms with Crippen LogP contribution in [0.2, 0.25) is 0 Å². The van der Waals surface area contributed by atoms with Crippen molar-refractivity contribution in [3.8, 4) is 5.88 Å². The molecule has 0 saturated carbocycles. The smallest absolute Gasteiger partial charge is 0.262 e. The molecule has 2 aromatic rings. The molecule has 1 fully saturated rings. The summed E-state index contributed by atoms with van der Waals surface area (Å²) < 4.78 is 5.59. The Morgan fingerprint density at radius 1 is 1.18 bits per heavy atom. The van der Waals surface area contributed by atoms with E-state index in [1.807, 2.05) is 6.92 Å². The largest absolute Gasteiger partial charge is 0.467 e. The molecule has 7 nitrogen and oxygen atoms in total. The van der Waals surface area contributed by atoms with Crippen molar-refractivity contribution < 1.29 is 14.3 Å². The minimum absolute atomic E-state index is 0.0145. The van der Waals surface area contributed by atoms with Crippen LogP contribution in [0.15, 0.2) is 30.3 Å². The van der Waals surface area contributed by atoms with Gasteiger partial charge in [-0.05, 0) is 56.9 Å². The number of aryl methyl sites for hydroxylation is 1. The molecule has 2 heterocycles. The highest BCUT2D eigenvalue weighted by atomic mass is 16.5. The Kier molecular flexibility index (Phi) is 6.23. The maximum absolute atomic E-state index is 12.2. The van der Waals surface area contributed by atoms with E-state index < -0.39 is 0 Å². The Labute approximate surface area is 165 Å². The van der Waals surface area contributed by atoms with E-state index in [1.165, 1.54) is 6.92 Å². The molecule has 1 aromatic heterocycles. The Morgan fingerprint density at radius 2 is 1.86 bits per heavy atom. The van der Waals surface area contributed by atoms with Gasteiger partial charge in [-0.2, -0.15) is 4.98 Å². The number of carbonyl (C=O) groups is 2. The zero-order valence-electron chi connectivity index (χ0n) is 16.6. The third-order valence-electron chi connectivity index (χ3n) is 4.81. The average molecular weight is 382 g/mol. The minimum Gasteiger partial charge on any atom is -0.467 e. The summed E-state index contributed by atoms with van der Waals surface area (Å²) in [5.74, 6) is 1.47. The van der Waals surface area contributed by atoms with E-state index in [0.717, 1.165) is 37.5 Å². The van der Waals surface area contributed by atoms with Crippen LogP contribution in [0.3, 0.4) is 0 Å². The lowest BCUT2D eigenvalue weighted by molar-refractivity contribution is -0.118. The summed E-state index contributed by atoms with van der Waals surface area (Å²) in [6.07, 6.45) is 2.25. The molecule has 148 valence electrons. The minimum atomic E-state index is -0.291. The number of nitrogens with zero attached hydrogens (tertiary/aromatic N) is 3. The molecule has 28 heavy (non-hydrogen) atoms. The molecule has 1 saturated heterocycles. The molecule has 0 radical (unpaired) electrons. The molecule has 1 aliphatic heterocycles. The van der Waals surface area contributed by atoms with Crippen LogP contribution < -0.4 is 15.0 Å². The molecule has 3 rings (SSSR count). The molecular formula is C21H26N4O3. The fraction of sp³-hybridized carbons (Fsp3) is 0.429. The molecular weight excluding hydrogens is 356 g/mol. The first-order chi connectivity index (χ1) is 13.4. The number of rotatable bonds is 6. The van der Waals surface area contributed by atoms with Crippen molar-refractivity contribution in [3.05, 3.63) is 41.6 Å². The number of hydrogen-bond donors (Lipinski definition) is 1. The van der Waals surface area contributed by atoms with Gasteiger partial charge < -0.3 is 15.0 Å². The van der Waals surface area contributed by atoms with Gasteiger partial charge in [0.05, 0.1) is 0 Å². The van der Waals surface area contributed by atoms with E-state index in [9.17, 15) is 9.59 Å². The second-order valence-electron chi connectivity index (χ2n) is 7.29. The van der Waals surface area contributed by atoms with E-state index >= 15 is 0 Å². The van der Waals surface area contributed by atoms with Crippen molar-refractivity contribution in [2.75, 3.05) is 29.9 Å². The number of amides is 1. The zero-order chi connectivity index (χ0) is 20.1. The lowest BCUT2D eigenvalue weighted by Crippen LogP contribution is -2.34. The zero-order valence-corrected chi connectivity index (χ0v) is 16.6. The molecule has 0 spiro atoms. The van der Waals surface area contributed by atoms with Crippen LogP contribution in [-0.2, 0) is 4.79 Å². The molecule has 0 bridgehead atoms.